The Labute approximate surface area is 150 Å². The molecule has 0 fully saturated rings. The number of hydrazone groups is 1. The number of halogens is 1. The normalized spacial score (nSPS) is 10.7. The number of hydrogen-bond donors (Lipinski definition) is 1. The van der Waals surface area contributed by atoms with Gasteiger partial charge in [0.25, 0.3) is 0 Å². The van der Waals surface area contributed by atoms with Crippen molar-refractivity contribution in [3.05, 3.63) is 46.4 Å². The van der Waals surface area contributed by atoms with Gasteiger partial charge in [0.05, 0.1) is 36.7 Å². The number of rotatable bonds is 8. The number of ether oxygens (including phenoxy) is 3. The molecule has 0 amide bonds. The average molecular weight is 393 g/mol. The molecule has 0 radical (unpaired) electrons. The van der Waals surface area contributed by atoms with Crippen molar-refractivity contribution >= 4 is 27.8 Å². The van der Waals surface area contributed by atoms with Crippen molar-refractivity contribution in [2.75, 3.05) is 25.7 Å². The van der Waals surface area contributed by atoms with Gasteiger partial charge >= 0.3 is 0 Å². The van der Waals surface area contributed by atoms with Crippen molar-refractivity contribution in [3.8, 4) is 17.2 Å². The predicted octanol–water partition coefficient (Wildman–Crippen LogP) is 4.70. The van der Waals surface area contributed by atoms with Crippen LogP contribution in [0.2, 0.25) is 0 Å². The van der Waals surface area contributed by atoms with E-state index in [4.69, 9.17) is 14.2 Å². The van der Waals surface area contributed by atoms with E-state index in [1.165, 1.54) is 0 Å². The average Bonchev–Trinajstić information content (AvgIpc) is 2.59. The Kier molecular flexibility index (Phi) is 6.93. The van der Waals surface area contributed by atoms with Crippen LogP contribution in [0.15, 0.2) is 46.0 Å². The maximum absolute atomic E-state index is 5.65. The molecule has 2 rings (SSSR count). The standard InChI is InChI=1S/C18H21BrN2O3/c1-4-23-17-11-13(10-16(19)18(17)24-5-2)12-20-21-14-6-8-15(22-3)9-7-14/h6-12,21H,4-5H2,1-3H3/b20-12+. The molecule has 0 heterocycles. The first-order chi connectivity index (χ1) is 11.7. The molecule has 0 saturated heterocycles. The molecule has 0 saturated carbocycles. The smallest absolute Gasteiger partial charge is 0.175 e. The number of anilines is 1. The van der Waals surface area contributed by atoms with E-state index in [0.29, 0.717) is 24.7 Å². The Morgan fingerprint density at radius 1 is 1.08 bits per heavy atom. The highest BCUT2D eigenvalue weighted by molar-refractivity contribution is 9.10. The summed E-state index contributed by atoms with van der Waals surface area (Å²) in [4.78, 5) is 0. The molecule has 6 heteroatoms. The van der Waals surface area contributed by atoms with Crippen LogP contribution in [0.3, 0.4) is 0 Å². The number of nitrogens with zero attached hydrogens (tertiary/aromatic N) is 1. The van der Waals surface area contributed by atoms with E-state index in [0.717, 1.165) is 21.5 Å². The monoisotopic (exact) mass is 392 g/mol. The summed E-state index contributed by atoms with van der Waals surface area (Å²) in [5.41, 5.74) is 4.76. The summed E-state index contributed by atoms with van der Waals surface area (Å²) < 4.78 is 17.2. The Hall–Kier alpha value is -2.21. The lowest BCUT2D eigenvalue weighted by molar-refractivity contribution is 0.286. The Balaban J connectivity index is 2.12. The molecule has 0 aliphatic rings. The fourth-order valence-corrected chi connectivity index (χ4v) is 2.63. The van der Waals surface area contributed by atoms with Crippen molar-refractivity contribution in [2.24, 2.45) is 5.10 Å². The van der Waals surface area contributed by atoms with Crippen LogP contribution < -0.4 is 19.6 Å². The molecule has 0 atom stereocenters. The quantitative estimate of drug-likeness (QED) is 0.522. The highest BCUT2D eigenvalue weighted by Gasteiger charge is 2.11. The van der Waals surface area contributed by atoms with E-state index in [2.05, 4.69) is 26.5 Å². The molecular formula is C18H21BrN2O3. The van der Waals surface area contributed by atoms with Crippen LogP contribution in [-0.4, -0.2) is 26.5 Å². The molecule has 5 nitrogen and oxygen atoms in total. The largest absolute Gasteiger partial charge is 0.497 e. The topological polar surface area (TPSA) is 52.1 Å². The second-order valence-corrected chi connectivity index (χ2v) is 5.65. The maximum Gasteiger partial charge on any atom is 0.175 e. The summed E-state index contributed by atoms with van der Waals surface area (Å²) in [6.45, 7) is 5.02. The van der Waals surface area contributed by atoms with Crippen molar-refractivity contribution < 1.29 is 14.2 Å². The number of methoxy groups -OCH3 is 1. The van der Waals surface area contributed by atoms with Gasteiger partial charge in [-0.1, -0.05) is 0 Å². The van der Waals surface area contributed by atoms with Crippen LogP contribution in [-0.2, 0) is 0 Å². The third-order valence-corrected chi connectivity index (χ3v) is 3.71. The van der Waals surface area contributed by atoms with Gasteiger partial charge in [-0.15, -0.1) is 0 Å². The second-order valence-electron chi connectivity index (χ2n) is 4.79. The molecule has 0 spiro atoms. The first-order valence-corrected chi connectivity index (χ1v) is 8.49. The summed E-state index contributed by atoms with van der Waals surface area (Å²) in [6, 6.07) is 11.4. The predicted molar refractivity (Wildman–Crippen MR) is 101 cm³/mol. The first kappa shape index (κ1) is 18.1. The number of nitrogens with one attached hydrogen (secondary N) is 1. The van der Waals surface area contributed by atoms with Gasteiger partial charge in [0.15, 0.2) is 11.5 Å². The Morgan fingerprint density at radius 3 is 2.42 bits per heavy atom. The van der Waals surface area contributed by atoms with Gasteiger partial charge in [-0.2, -0.15) is 5.10 Å². The van der Waals surface area contributed by atoms with Crippen LogP contribution in [0.25, 0.3) is 0 Å². The lowest BCUT2D eigenvalue weighted by atomic mass is 10.2. The van der Waals surface area contributed by atoms with E-state index in [9.17, 15) is 0 Å². The Bertz CT molecular complexity index is 687. The molecular weight excluding hydrogens is 372 g/mol. The van der Waals surface area contributed by atoms with E-state index in [1.807, 2.05) is 50.2 Å². The summed E-state index contributed by atoms with van der Waals surface area (Å²) in [7, 11) is 1.64. The molecule has 0 aliphatic carbocycles. The van der Waals surface area contributed by atoms with E-state index >= 15 is 0 Å². The molecule has 2 aromatic rings. The molecule has 0 aromatic heterocycles. The van der Waals surface area contributed by atoms with Crippen molar-refractivity contribution in [2.45, 2.75) is 13.8 Å². The fourth-order valence-electron chi connectivity index (χ4n) is 2.06. The number of hydrogen-bond acceptors (Lipinski definition) is 5. The maximum atomic E-state index is 5.65. The molecule has 0 unspecified atom stereocenters. The van der Waals surface area contributed by atoms with Gasteiger partial charge < -0.3 is 14.2 Å². The lowest BCUT2D eigenvalue weighted by Gasteiger charge is -2.13. The fraction of sp³-hybridized carbons (Fsp3) is 0.278. The minimum Gasteiger partial charge on any atom is -0.497 e. The van der Waals surface area contributed by atoms with Gasteiger partial charge in [0.2, 0.25) is 0 Å². The Morgan fingerprint density at radius 2 is 1.79 bits per heavy atom. The van der Waals surface area contributed by atoms with E-state index in [1.54, 1.807) is 13.3 Å². The molecule has 0 bridgehead atoms. The van der Waals surface area contributed by atoms with Gasteiger partial charge in [0, 0.05) is 0 Å². The highest BCUT2D eigenvalue weighted by atomic mass is 79.9. The van der Waals surface area contributed by atoms with E-state index in [-0.39, 0.29) is 0 Å². The third kappa shape index (κ3) is 4.89. The van der Waals surface area contributed by atoms with Crippen molar-refractivity contribution in [3.63, 3.8) is 0 Å². The summed E-state index contributed by atoms with van der Waals surface area (Å²) >= 11 is 3.52. The highest BCUT2D eigenvalue weighted by Crippen LogP contribution is 2.36. The summed E-state index contributed by atoms with van der Waals surface area (Å²) in [5.74, 6) is 2.21. The number of benzene rings is 2. The minimum atomic E-state index is 0.567. The molecule has 0 aliphatic heterocycles. The van der Waals surface area contributed by atoms with E-state index < -0.39 is 0 Å². The van der Waals surface area contributed by atoms with Gasteiger partial charge in [-0.3, -0.25) is 5.43 Å². The van der Waals surface area contributed by atoms with Crippen molar-refractivity contribution in [1.82, 2.24) is 0 Å². The molecule has 128 valence electrons. The molecule has 1 N–H and O–H groups in total. The zero-order valence-electron chi connectivity index (χ0n) is 14.0. The van der Waals surface area contributed by atoms with Gasteiger partial charge in [0.1, 0.15) is 5.75 Å². The molecule has 24 heavy (non-hydrogen) atoms. The van der Waals surface area contributed by atoms with Crippen LogP contribution in [0, 0.1) is 0 Å². The summed E-state index contributed by atoms with van der Waals surface area (Å²) in [6.07, 6.45) is 1.73. The SMILES string of the molecule is CCOc1cc(/C=N/Nc2ccc(OC)cc2)cc(Br)c1OCC. The lowest BCUT2D eigenvalue weighted by Crippen LogP contribution is -2.00. The van der Waals surface area contributed by atoms with Crippen LogP contribution in [0.1, 0.15) is 19.4 Å². The minimum absolute atomic E-state index is 0.567. The second kappa shape index (κ2) is 9.17. The first-order valence-electron chi connectivity index (χ1n) is 7.70. The van der Waals surface area contributed by atoms with Crippen LogP contribution in [0.5, 0.6) is 17.2 Å². The van der Waals surface area contributed by atoms with Gasteiger partial charge in [-0.05, 0) is 71.7 Å². The third-order valence-electron chi connectivity index (χ3n) is 3.12. The van der Waals surface area contributed by atoms with Crippen molar-refractivity contribution in [1.29, 1.82) is 0 Å². The zero-order valence-corrected chi connectivity index (χ0v) is 15.6. The van der Waals surface area contributed by atoms with Gasteiger partial charge in [-0.25, -0.2) is 0 Å². The molecule has 2 aromatic carbocycles. The summed E-state index contributed by atoms with van der Waals surface area (Å²) in [5, 5.41) is 4.25. The zero-order chi connectivity index (χ0) is 17.4. The van der Waals surface area contributed by atoms with Crippen LogP contribution in [0.4, 0.5) is 5.69 Å². The van der Waals surface area contributed by atoms with Crippen LogP contribution >= 0.6 is 15.9 Å².